The highest BCUT2D eigenvalue weighted by atomic mass is 35.5. The monoisotopic (exact) mass is 439 g/mol. The van der Waals surface area contributed by atoms with Crippen LogP contribution in [-0.4, -0.2) is 47.9 Å². The minimum Gasteiger partial charge on any atom is -0.382 e. The van der Waals surface area contributed by atoms with E-state index in [0.717, 1.165) is 24.2 Å². The molecule has 0 unspecified atom stereocenters. The molecule has 0 bridgehead atoms. The zero-order valence-corrected chi connectivity index (χ0v) is 17.6. The Balaban J connectivity index is 1.47. The molecule has 0 atom stereocenters. The number of nitrogen functional groups attached to an aromatic ring is 1. The van der Waals surface area contributed by atoms with Crippen molar-refractivity contribution in [1.82, 2.24) is 9.78 Å². The number of aromatic nitrogens is 2. The second kappa shape index (κ2) is 7.55. The van der Waals surface area contributed by atoms with E-state index >= 15 is 0 Å². The van der Waals surface area contributed by atoms with Crippen molar-refractivity contribution >= 4 is 51.5 Å². The summed E-state index contributed by atoms with van der Waals surface area (Å²) in [6.07, 6.45) is 0.936. The van der Waals surface area contributed by atoms with Gasteiger partial charge in [0.05, 0.1) is 29.8 Å². The Bertz CT molecular complexity index is 1160. The minimum absolute atomic E-state index is 0.277. The van der Waals surface area contributed by atoms with Gasteiger partial charge in [0.2, 0.25) is 5.91 Å². The average Bonchev–Trinajstić information content (AvgIpc) is 3.54. The molecule has 2 aliphatic rings. The number of nitrogens with zero attached hydrogens (tertiary/aromatic N) is 3. The fourth-order valence-corrected chi connectivity index (χ4v) is 4.18. The summed E-state index contributed by atoms with van der Waals surface area (Å²) in [6.45, 7) is 2.75. The summed E-state index contributed by atoms with van der Waals surface area (Å²) >= 11 is 5.91. The first kappa shape index (κ1) is 19.8. The molecule has 0 radical (unpaired) electrons. The Labute approximate surface area is 183 Å². The van der Waals surface area contributed by atoms with Crippen LogP contribution in [0.5, 0.6) is 0 Å². The highest BCUT2D eigenvalue weighted by Gasteiger charge is 2.58. The fourth-order valence-electron chi connectivity index (χ4n) is 4.05. The van der Waals surface area contributed by atoms with Crippen LogP contribution in [0.4, 0.5) is 17.2 Å². The van der Waals surface area contributed by atoms with Gasteiger partial charge in [-0.05, 0) is 49.2 Å². The molecule has 0 spiro atoms. The van der Waals surface area contributed by atoms with Crippen molar-refractivity contribution in [2.24, 2.45) is 5.41 Å². The van der Waals surface area contributed by atoms with Crippen molar-refractivity contribution in [3.63, 3.8) is 0 Å². The first-order valence-electron chi connectivity index (χ1n) is 10.2. The summed E-state index contributed by atoms with van der Waals surface area (Å²) < 4.78 is 6.74. The topological polar surface area (TPSA) is 102 Å². The van der Waals surface area contributed by atoms with Crippen LogP contribution < -0.4 is 16.0 Å². The van der Waals surface area contributed by atoms with Crippen LogP contribution >= 0.6 is 11.6 Å². The predicted molar refractivity (Wildman–Crippen MR) is 120 cm³/mol. The van der Waals surface area contributed by atoms with Crippen LogP contribution in [0.1, 0.15) is 17.6 Å². The third-order valence-electron chi connectivity index (χ3n) is 5.95. The molecule has 1 aliphatic carbocycles. The van der Waals surface area contributed by atoms with Crippen molar-refractivity contribution in [2.75, 3.05) is 42.3 Å². The third-order valence-corrected chi connectivity index (χ3v) is 6.20. The smallest absolute Gasteiger partial charge is 0.263 e. The van der Waals surface area contributed by atoms with Gasteiger partial charge < -0.3 is 20.7 Å². The number of hydrogen-bond acceptors (Lipinski definition) is 6. The molecule has 1 saturated heterocycles. The molecule has 160 valence electrons. The molecule has 5 rings (SSSR count). The van der Waals surface area contributed by atoms with Crippen molar-refractivity contribution in [1.29, 1.82) is 0 Å². The van der Waals surface area contributed by atoms with E-state index < -0.39 is 5.41 Å². The Morgan fingerprint density at radius 2 is 1.81 bits per heavy atom. The number of carbonyl (C=O) groups excluding carboxylic acids is 2. The van der Waals surface area contributed by atoms with E-state index in [4.69, 9.17) is 22.1 Å². The lowest BCUT2D eigenvalue weighted by atomic mass is 10.0. The lowest BCUT2D eigenvalue weighted by molar-refractivity contribution is -0.119. The van der Waals surface area contributed by atoms with Crippen LogP contribution in [0, 0.1) is 5.41 Å². The SMILES string of the molecule is Nc1nn(C(=O)C2(C(=O)Nc3ccc(Cl)cc3)CC2)c2cccc(N3CCOCC3)c12. The van der Waals surface area contributed by atoms with Crippen molar-refractivity contribution < 1.29 is 14.3 Å². The molecule has 2 heterocycles. The largest absolute Gasteiger partial charge is 0.382 e. The second-order valence-electron chi connectivity index (χ2n) is 7.92. The van der Waals surface area contributed by atoms with Gasteiger partial charge in [-0.3, -0.25) is 9.59 Å². The van der Waals surface area contributed by atoms with Crippen LogP contribution in [0.15, 0.2) is 42.5 Å². The van der Waals surface area contributed by atoms with Crippen molar-refractivity contribution in [2.45, 2.75) is 12.8 Å². The molecule has 1 aromatic heterocycles. The van der Waals surface area contributed by atoms with E-state index in [9.17, 15) is 9.59 Å². The van der Waals surface area contributed by atoms with Gasteiger partial charge in [0.15, 0.2) is 5.82 Å². The van der Waals surface area contributed by atoms with Gasteiger partial charge in [-0.15, -0.1) is 5.10 Å². The molecule has 3 N–H and O–H groups in total. The number of carbonyl (C=O) groups is 2. The third kappa shape index (κ3) is 3.41. The molecular weight excluding hydrogens is 418 g/mol. The maximum Gasteiger partial charge on any atom is 0.263 e. The second-order valence-corrected chi connectivity index (χ2v) is 8.35. The highest BCUT2D eigenvalue weighted by molar-refractivity contribution is 6.30. The van der Waals surface area contributed by atoms with E-state index in [-0.39, 0.29) is 17.6 Å². The van der Waals surface area contributed by atoms with Gasteiger partial charge in [0.25, 0.3) is 5.91 Å². The number of fused-ring (bicyclic) bond motifs is 1. The van der Waals surface area contributed by atoms with Crippen LogP contribution in [0.2, 0.25) is 5.02 Å². The van der Waals surface area contributed by atoms with Crippen LogP contribution in [0.25, 0.3) is 10.9 Å². The molecule has 1 aliphatic heterocycles. The number of amides is 1. The molecule has 1 saturated carbocycles. The van der Waals surface area contributed by atoms with Crippen LogP contribution in [0.3, 0.4) is 0 Å². The zero-order chi connectivity index (χ0) is 21.6. The Morgan fingerprint density at radius 3 is 2.48 bits per heavy atom. The normalized spacial score (nSPS) is 17.5. The van der Waals surface area contributed by atoms with Gasteiger partial charge in [0, 0.05) is 23.8 Å². The first-order chi connectivity index (χ1) is 15.0. The molecule has 8 nitrogen and oxygen atoms in total. The number of anilines is 3. The van der Waals surface area contributed by atoms with Crippen molar-refractivity contribution in [3.8, 4) is 0 Å². The maximum absolute atomic E-state index is 13.5. The Morgan fingerprint density at radius 1 is 1.10 bits per heavy atom. The average molecular weight is 440 g/mol. The summed E-state index contributed by atoms with van der Waals surface area (Å²) in [6, 6.07) is 12.5. The van der Waals surface area contributed by atoms with Gasteiger partial charge in [-0.25, -0.2) is 0 Å². The molecule has 2 fully saturated rings. The molecule has 31 heavy (non-hydrogen) atoms. The Kier molecular flexibility index (Phi) is 4.83. The molecule has 3 aromatic rings. The van der Waals surface area contributed by atoms with Crippen LogP contribution in [-0.2, 0) is 9.53 Å². The first-order valence-corrected chi connectivity index (χ1v) is 10.6. The standard InChI is InChI=1S/C22H22ClN5O3/c23-14-4-6-15(7-5-14)25-20(29)22(8-9-22)21(30)28-17-3-1-2-16(18(17)19(24)26-28)27-10-12-31-13-11-27/h1-7H,8-13H2,(H2,24,26)(H,25,29). The molecular formula is C22H22ClN5O3. The number of hydrogen-bond donors (Lipinski definition) is 2. The summed E-state index contributed by atoms with van der Waals surface area (Å²) in [7, 11) is 0. The molecule has 9 heteroatoms. The van der Waals surface area contributed by atoms with Gasteiger partial charge in [-0.1, -0.05) is 17.7 Å². The quantitative estimate of drug-likeness (QED) is 0.605. The Hall–Kier alpha value is -3.10. The number of nitrogens with two attached hydrogens (primary N) is 1. The number of ether oxygens (including phenoxy) is 1. The lowest BCUT2D eigenvalue weighted by Gasteiger charge is -2.29. The van der Waals surface area contributed by atoms with Gasteiger partial charge in [0.1, 0.15) is 5.41 Å². The summed E-state index contributed by atoms with van der Waals surface area (Å²) in [5, 5.41) is 8.47. The van der Waals surface area contributed by atoms with E-state index in [0.29, 0.717) is 42.3 Å². The minimum atomic E-state index is -1.14. The number of benzene rings is 2. The highest BCUT2D eigenvalue weighted by Crippen LogP contribution is 2.48. The fraction of sp³-hybridized carbons (Fsp3) is 0.318. The van der Waals surface area contributed by atoms with E-state index in [1.807, 2.05) is 18.2 Å². The summed E-state index contributed by atoms with van der Waals surface area (Å²) in [5.74, 6) is -0.425. The maximum atomic E-state index is 13.5. The molecule has 1 amide bonds. The number of halogens is 1. The predicted octanol–water partition coefficient (Wildman–Crippen LogP) is 3.17. The van der Waals surface area contributed by atoms with E-state index in [1.54, 1.807) is 24.3 Å². The summed E-state index contributed by atoms with van der Waals surface area (Å²) in [5.41, 5.74) is 7.23. The lowest BCUT2D eigenvalue weighted by Crippen LogP contribution is -2.36. The van der Waals surface area contributed by atoms with E-state index in [1.165, 1.54) is 4.68 Å². The number of rotatable bonds is 4. The number of nitrogens with one attached hydrogen (secondary N) is 1. The number of morpholine rings is 1. The van der Waals surface area contributed by atoms with Gasteiger partial charge in [-0.2, -0.15) is 4.68 Å². The van der Waals surface area contributed by atoms with E-state index in [2.05, 4.69) is 15.3 Å². The summed E-state index contributed by atoms with van der Waals surface area (Å²) in [4.78, 5) is 28.6. The van der Waals surface area contributed by atoms with Gasteiger partial charge >= 0.3 is 0 Å². The molecule has 2 aromatic carbocycles. The van der Waals surface area contributed by atoms with Crippen molar-refractivity contribution in [3.05, 3.63) is 47.5 Å². The zero-order valence-electron chi connectivity index (χ0n) is 16.8.